The third-order valence-electron chi connectivity index (χ3n) is 2.39. The first kappa shape index (κ1) is 11.0. The number of hydrogen-bond acceptors (Lipinski definition) is 4. The van der Waals surface area contributed by atoms with Crippen molar-refractivity contribution >= 4 is 17.4 Å². The third kappa shape index (κ3) is 2.03. The van der Waals surface area contributed by atoms with Crippen LogP contribution in [0.2, 0.25) is 5.02 Å². The molecular weight excluding hydrogens is 226 g/mol. The van der Waals surface area contributed by atoms with Crippen molar-refractivity contribution in [2.45, 2.75) is 6.04 Å². The minimum absolute atomic E-state index is 0.0649. The van der Waals surface area contributed by atoms with Gasteiger partial charge in [0, 0.05) is 17.3 Å². The van der Waals surface area contributed by atoms with Gasteiger partial charge in [-0.2, -0.15) is 0 Å². The zero-order valence-corrected chi connectivity index (χ0v) is 9.53. The molecule has 0 amide bonds. The van der Waals surface area contributed by atoms with Crippen molar-refractivity contribution in [3.63, 3.8) is 0 Å². The number of nitrogens with zero attached hydrogens (tertiary/aromatic N) is 1. The van der Waals surface area contributed by atoms with Crippen LogP contribution in [-0.2, 0) is 0 Å². The second-order valence-electron chi connectivity index (χ2n) is 3.41. The van der Waals surface area contributed by atoms with Gasteiger partial charge in [0.05, 0.1) is 23.6 Å². The van der Waals surface area contributed by atoms with Crippen LogP contribution in [0.1, 0.15) is 17.2 Å². The Morgan fingerprint density at radius 1 is 1.56 bits per heavy atom. The second kappa shape index (κ2) is 4.55. The van der Waals surface area contributed by atoms with E-state index in [-0.39, 0.29) is 6.04 Å². The van der Waals surface area contributed by atoms with Gasteiger partial charge in [-0.05, 0) is 19.2 Å². The number of aromatic nitrogens is 1. The summed E-state index contributed by atoms with van der Waals surface area (Å²) in [6.07, 6.45) is 4.82. The number of anilines is 1. The summed E-state index contributed by atoms with van der Waals surface area (Å²) in [6, 6.07) is 3.62. The zero-order chi connectivity index (χ0) is 11.5. The molecule has 0 saturated heterocycles. The highest BCUT2D eigenvalue weighted by molar-refractivity contribution is 6.30. The van der Waals surface area contributed by atoms with E-state index in [1.807, 2.05) is 13.1 Å². The standard InChI is InChI=1S/C11H12ClN3O/c1-14-10(7-2-3-16-6-7)9-4-8(12)5-15-11(9)13/h2-6,10,14H,1H3,(H2,13,15). The summed E-state index contributed by atoms with van der Waals surface area (Å²) < 4.78 is 5.05. The number of rotatable bonds is 3. The average molecular weight is 238 g/mol. The molecule has 1 atom stereocenters. The van der Waals surface area contributed by atoms with Gasteiger partial charge in [0.1, 0.15) is 5.82 Å². The predicted octanol–water partition coefficient (Wildman–Crippen LogP) is 2.22. The van der Waals surface area contributed by atoms with E-state index in [2.05, 4.69) is 10.3 Å². The molecule has 0 saturated carbocycles. The minimum atomic E-state index is -0.0649. The average Bonchev–Trinajstić information content (AvgIpc) is 2.78. The molecule has 2 aromatic rings. The van der Waals surface area contributed by atoms with Crippen molar-refractivity contribution in [3.05, 3.63) is 47.0 Å². The molecule has 0 fully saturated rings. The van der Waals surface area contributed by atoms with E-state index in [0.717, 1.165) is 11.1 Å². The Bertz CT molecular complexity index is 470. The fourth-order valence-electron chi connectivity index (χ4n) is 1.64. The van der Waals surface area contributed by atoms with Crippen molar-refractivity contribution in [2.24, 2.45) is 0 Å². The number of nitrogens with one attached hydrogen (secondary N) is 1. The number of halogens is 1. The fourth-order valence-corrected chi connectivity index (χ4v) is 1.80. The van der Waals surface area contributed by atoms with Crippen LogP contribution in [0.15, 0.2) is 35.3 Å². The number of nitrogens with two attached hydrogens (primary N) is 1. The van der Waals surface area contributed by atoms with Crippen LogP contribution in [0.4, 0.5) is 5.82 Å². The Morgan fingerprint density at radius 2 is 2.38 bits per heavy atom. The molecule has 2 heterocycles. The summed E-state index contributed by atoms with van der Waals surface area (Å²) >= 11 is 5.91. The maximum absolute atomic E-state index is 5.91. The van der Waals surface area contributed by atoms with E-state index in [1.165, 1.54) is 6.20 Å². The van der Waals surface area contributed by atoms with Gasteiger partial charge in [-0.3, -0.25) is 0 Å². The number of pyridine rings is 1. The van der Waals surface area contributed by atoms with Crippen LogP contribution in [-0.4, -0.2) is 12.0 Å². The molecule has 2 aromatic heterocycles. The fraction of sp³-hybridized carbons (Fsp3) is 0.182. The minimum Gasteiger partial charge on any atom is -0.472 e. The Morgan fingerprint density at radius 3 is 3.00 bits per heavy atom. The largest absolute Gasteiger partial charge is 0.472 e. The van der Waals surface area contributed by atoms with Gasteiger partial charge < -0.3 is 15.5 Å². The molecule has 0 aromatic carbocycles. The lowest BCUT2D eigenvalue weighted by Crippen LogP contribution is -2.19. The molecule has 2 rings (SSSR count). The smallest absolute Gasteiger partial charge is 0.128 e. The van der Waals surface area contributed by atoms with E-state index >= 15 is 0 Å². The molecule has 84 valence electrons. The zero-order valence-electron chi connectivity index (χ0n) is 8.77. The van der Waals surface area contributed by atoms with Gasteiger partial charge in [-0.15, -0.1) is 0 Å². The lowest BCUT2D eigenvalue weighted by Gasteiger charge is -2.16. The van der Waals surface area contributed by atoms with Gasteiger partial charge in [-0.1, -0.05) is 11.6 Å². The molecular formula is C11H12ClN3O. The van der Waals surface area contributed by atoms with Gasteiger partial charge in [0.15, 0.2) is 0 Å². The van der Waals surface area contributed by atoms with E-state index in [9.17, 15) is 0 Å². The molecule has 0 radical (unpaired) electrons. The highest BCUT2D eigenvalue weighted by atomic mass is 35.5. The lowest BCUT2D eigenvalue weighted by molar-refractivity contribution is 0.557. The van der Waals surface area contributed by atoms with Crippen LogP contribution in [0.3, 0.4) is 0 Å². The number of nitrogen functional groups attached to an aromatic ring is 1. The maximum Gasteiger partial charge on any atom is 0.128 e. The Hall–Kier alpha value is -1.52. The van der Waals surface area contributed by atoms with Gasteiger partial charge in [-0.25, -0.2) is 4.98 Å². The van der Waals surface area contributed by atoms with Gasteiger partial charge in [0.25, 0.3) is 0 Å². The third-order valence-corrected chi connectivity index (χ3v) is 2.60. The summed E-state index contributed by atoms with van der Waals surface area (Å²) in [5, 5.41) is 3.71. The Balaban J connectivity index is 2.44. The van der Waals surface area contributed by atoms with Crippen molar-refractivity contribution < 1.29 is 4.42 Å². The molecule has 0 aliphatic carbocycles. The van der Waals surface area contributed by atoms with Crippen LogP contribution < -0.4 is 11.1 Å². The van der Waals surface area contributed by atoms with Crippen LogP contribution in [0, 0.1) is 0 Å². The molecule has 0 spiro atoms. The molecule has 5 heteroatoms. The highest BCUT2D eigenvalue weighted by Gasteiger charge is 2.16. The quantitative estimate of drug-likeness (QED) is 0.859. The van der Waals surface area contributed by atoms with Gasteiger partial charge in [0.2, 0.25) is 0 Å². The van der Waals surface area contributed by atoms with E-state index < -0.39 is 0 Å². The van der Waals surface area contributed by atoms with Crippen molar-refractivity contribution in [1.29, 1.82) is 0 Å². The van der Waals surface area contributed by atoms with Crippen molar-refractivity contribution in [1.82, 2.24) is 10.3 Å². The lowest BCUT2D eigenvalue weighted by atomic mass is 10.0. The summed E-state index contributed by atoms with van der Waals surface area (Å²) in [6.45, 7) is 0. The highest BCUT2D eigenvalue weighted by Crippen LogP contribution is 2.27. The van der Waals surface area contributed by atoms with E-state index in [1.54, 1.807) is 18.6 Å². The van der Waals surface area contributed by atoms with E-state index in [0.29, 0.717) is 10.8 Å². The van der Waals surface area contributed by atoms with Gasteiger partial charge >= 0.3 is 0 Å². The molecule has 3 N–H and O–H groups in total. The van der Waals surface area contributed by atoms with E-state index in [4.69, 9.17) is 21.8 Å². The van der Waals surface area contributed by atoms with Crippen LogP contribution in [0.5, 0.6) is 0 Å². The molecule has 4 nitrogen and oxygen atoms in total. The van der Waals surface area contributed by atoms with Crippen LogP contribution in [0.25, 0.3) is 0 Å². The molecule has 16 heavy (non-hydrogen) atoms. The summed E-state index contributed by atoms with van der Waals surface area (Å²) in [5.41, 5.74) is 7.66. The first-order valence-electron chi connectivity index (χ1n) is 4.82. The molecule has 1 unspecified atom stereocenters. The Labute approximate surface area is 98.4 Å². The summed E-state index contributed by atoms with van der Waals surface area (Å²) in [4.78, 5) is 4.03. The van der Waals surface area contributed by atoms with Crippen molar-refractivity contribution in [3.8, 4) is 0 Å². The summed E-state index contributed by atoms with van der Waals surface area (Å²) in [5.74, 6) is 0.463. The monoisotopic (exact) mass is 237 g/mol. The SMILES string of the molecule is CNC(c1ccoc1)c1cc(Cl)cnc1N. The molecule has 0 aliphatic rings. The topological polar surface area (TPSA) is 64.1 Å². The number of hydrogen-bond donors (Lipinski definition) is 2. The first-order chi connectivity index (χ1) is 7.72. The Kier molecular flexibility index (Phi) is 3.12. The van der Waals surface area contributed by atoms with Crippen LogP contribution >= 0.6 is 11.6 Å². The normalized spacial score (nSPS) is 12.6. The van der Waals surface area contributed by atoms with Crippen molar-refractivity contribution in [2.75, 3.05) is 12.8 Å². The number of furan rings is 1. The molecule has 0 aliphatic heterocycles. The first-order valence-corrected chi connectivity index (χ1v) is 5.20. The predicted molar refractivity (Wildman–Crippen MR) is 63.3 cm³/mol. The maximum atomic E-state index is 5.91. The second-order valence-corrected chi connectivity index (χ2v) is 3.84. The molecule has 0 bridgehead atoms. The summed E-state index contributed by atoms with van der Waals surface area (Å²) in [7, 11) is 1.85.